The first-order valence-electron chi connectivity index (χ1n) is 7.84. The first-order chi connectivity index (χ1) is 8.45. The summed E-state index contributed by atoms with van der Waals surface area (Å²) < 4.78 is 0. The van der Waals surface area contributed by atoms with Gasteiger partial charge >= 0.3 is 0 Å². The highest BCUT2D eigenvalue weighted by Crippen LogP contribution is 2.24. The molecule has 0 aliphatic rings. The van der Waals surface area contributed by atoms with Crippen LogP contribution in [0.3, 0.4) is 0 Å². The Morgan fingerprint density at radius 2 is 1.61 bits per heavy atom. The molecule has 0 aliphatic carbocycles. The summed E-state index contributed by atoms with van der Waals surface area (Å²) in [7, 11) is -1.74. The van der Waals surface area contributed by atoms with Crippen LogP contribution < -0.4 is 5.32 Å². The Balaban J connectivity index is 4.91. The summed E-state index contributed by atoms with van der Waals surface area (Å²) in [4.78, 5) is 0. The smallest absolute Gasteiger partial charge is 0.0708 e. The predicted molar refractivity (Wildman–Crippen MR) is 91.5 cm³/mol. The van der Waals surface area contributed by atoms with Gasteiger partial charge in [-0.2, -0.15) is 0 Å². The topological polar surface area (TPSA) is 12.0 Å². The van der Waals surface area contributed by atoms with Crippen molar-refractivity contribution in [2.24, 2.45) is 0 Å². The van der Waals surface area contributed by atoms with Crippen LogP contribution >= 0.6 is 0 Å². The molecular formula is C15H35NSi2. The number of hydrogen-bond donors (Lipinski definition) is 1. The van der Waals surface area contributed by atoms with Gasteiger partial charge < -0.3 is 5.32 Å². The van der Waals surface area contributed by atoms with E-state index < -0.39 is 15.9 Å². The molecule has 0 saturated carbocycles. The maximum absolute atomic E-state index is 3.80. The van der Waals surface area contributed by atoms with Crippen molar-refractivity contribution in [2.45, 2.75) is 79.1 Å². The lowest BCUT2D eigenvalue weighted by atomic mass is 10.3. The summed E-state index contributed by atoms with van der Waals surface area (Å²) in [5, 5.41) is 3.80. The second kappa shape index (κ2) is 9.10. The lowest BCUT2D eigenvalue weighted by Gasteiger charge is -2.35. The third-order valence-corrected chi connectivity index (χ3v) is 21.8. The molecule has 1 N–H and O–H groups in total. The molecule has 2 unspecified atom stereocenters. The van der Waals surface area contributed by atoms with Gasteiger partial charge in [0, 0.05) is 13.6 Å². The Labute approximate surface area is 118 Å². The fourth-order valence-corrected chi connectivity index (χ4v) is 16.7. The SMILES string of the molecule is CCC(C)NC[SiH](C=C(C)C)[Si](CC)(CC)CC. The van der Waals surface area contributed by atoms with Crippen LogP contribution in [0.25, 0.3) is 0 Å². The van der Waals surface area contributed by atoms with E-state index in [1.165, 1.54) is 30.7 Å². The van der Waals surface area contributed by atoms with Gasteiger partial charge in [-0.15, -0.1) is 5.70 Å². The third-order valence-electron chi connectivity index (χ3n) is 4.73. The monoisotopic (exact) mass is 285 g/mol. The van der Waals surface area contributed by atoms with E-state index in [4.69, 9.17) is 0 Å². The minimum atomic E-state index is -0.989. The number of nitrogens with one attached hydrogen (secondary N) is 1. The summed E-state index contributed by atoms with van der Waals surface area (Å²) in [6, 6.07) is 5.11. The van der Waals surface area contributed by atoms with E-state index in [1.54, 1.807) is 5.57 Å². The molecule has 108 valence electrons. The van der Waals surface area contributed by atoms with Gasteiger partial charge in [-0.1, -0.05) is 51.4 Å². The summed E-state index contributed by atoms with van der Waals surface area (Å²) in [5.41, 5.74) is 4.24. The summed E-state index contributed by atoms with van der Waals surface area (Å²) >= 11 is 0. The minimum Gasteiger partial charge on any atom is -0.317 e. The van der Waals surface area contributed by atoms with Gasteiger partial charge in [0.1, 0.15) is 0 Å². The largest absolute Gasteiger partial charge is 0.317 e. The molecule has 0 heterocycles. The quantitative estimate of drug-likeness (QED) is 0.625. The van der Waals surface area contributed by atoms with Gasteiger partial charge in [-0.25, -0.2) is 0 Å². The van der Waals surface area contributed by atoms with Gasteiger partial charge in [-0.05, 0) is 33.4 Å². The Morgan fingerprint density at radius 3 is 1.94 bits per heavy atom. The van der Waals surface area contributed by atoms with Crippen LogP contribution in [0.15, 0.2) is 11.3 Å². The van der Waals surface area contributed by atoms with E-state index in [1.807, 2.05) is 0 Å². The highest BCUT2D eigenvalue weighted by molar-refractivity contribution is 7.35. The van der Waals surface area contributed by atoms with E-state index >= 15 is 0 Å². The lowest BCUT2D eigenvalue weighted by Crippen LogP contribution is -2.55. The fourth-order valence-electron chi connectivity index (χ4n) is 2.86. The molecule has 0 spiro atoms. The molecule has 0 radical (unpaired) electrons. The van der Waals surface area contributed by atoms with E-state index in [0.29, 0.717) is 6.04 Å². The van der Waals surface area contributed by atoms with Crippen LogP contribution in [0, 0.1) is 0 Å². The van der Waals surface area contributed by atoms with E-state index in [2.05, 4.69) is 59.5 Å². The van der Waals surface area contributed by atoms with Gasteiger partial charge in [0.25, 0.3) is 0 Å². The molecule has 1 nitrogen and oxygen atoms in total. The van der Waals surface area contributed by atoms with Crippen LogP contribution in [-0.2, 0) is 0 Å². The maximum atomic E-state index is 3.80. The Bertz CT molecular complexity index is 235. The highest BCUT2D eigenvalue weighted by atomic mass is 29.2. The molecule has 0 rings (SSSR count). The van der Waals surface area contributed by atoms with Crippen LogP contribution in [-0.4, -0.2) is 28.1 Å². The van der Waals surface area contributed by atoms with Gasteiger partial charge in [0.2, 0.25) is 0 Å². The fraction of sp³-hybridized carbons (Fsp3) is 0.867. The van der Waals surface area contributed by atoms with Gasteiger partial charge in [0.15, 0.2) is 0 Å². The molecule has 0 bridgehead atoms. The molecule has 3 heteroatoms. The summed E-state index contributed by atoms with van der Waals surface area (Å²) in [6.45, 7) is 16.5. The van der Waals surface area contributed by atoms with Crippen molar-refractivity contribution < 1.29 is 0 Å². The number of hydrogen-bond acceptors (Lipinski definition) is 1. The molecule has 0 aromatic carbocycles. The first kappa shape index (κ1) is 18.1. The van der Waals surface area contributed by atoms with Crippen molar-refractivity contribution in [3.8, 4) is 0 Å². The molecule has 18 heavy (non-hydrogen) atoms. The normalized spacial score (nSPS) is 15.3. The van der Waals surface area contributed by atoms with E-state index in [-0.39, 0.29) is 0 Å². The molecule has 0 aromatic rings. The van der Waals surface area contributed by atoms with Crippen molar-refractivity contribution in [3.05, 3.63) is 11.3 Å². The molecule has 0 saturated heterocycles. The second-order valence-corrected chi connectivity index (χ2v) is 18.7. The average molecular weight is 286 g/mol. The molecule has 0 aliphatic heterocycles. The summed E-state index contributed by atoms with van der Waals surface area (Å²) in [5.74, 6) is 0. The predicted octanol–water partition coefficient (Wildman–Crippen LogP) is 4.23. The molecule has 0 fully saturated rings. The zero-order valence-electron chi connectivity index (χ0n) is 13.8. The molecule has 0 amide bonds. The Kier molecular flexibility index (Phi) is 9.17. The van der Waals surface area contributed by atoms with Crippen LogP contribution in [0.4, 0.5) is 0 Å². The Hall–Kier alpha value is 0.134. The first-order valence-corrected chi connectivity index (χ1v) is 13.7. The van der Waals surface area contributed by atoms with Gasteiger partial charge in [0.05, 0.1) is 8.31 Å². The zero-order valence-corrected chi connectivity index (χ0v) is 15.9. The Morgan fingerprint density at radius 1 is 1.11 bits per heavy atom. The van der Waals surface area contributed by atoms with Crippen LogP contribution in [0.2, 0.25) is 18.1 Å². The minimum absolute atomic E-state index is 0.683. The van der Waals surface area contributed by atoms with Crippen molar-refractivity contribution in [1.29, 1.82) is 0 Å². The number of rotatable bonds is 9. The average Bonchev–Trinajstić information content (AvgIpc) is 2.37. The van der Waals surface area contributed by atoms with Crippen molar-refractivity contribution in [1.82, 2.24) is 5.32 Å². The van der Waals surface area contributed by atoms with E-state index in [9.17, 15) is 0 Å². The van der Waals surface area contributed by atoms with Crippen molar-refractivity contribution in [2.75, 3.05) is 6.17 Å². The molecular weight excluding hydrogens is 250 g/mol. The van der Waals surface area contributed by atoms with Gasteiger partial charge in [-0.3, -0.25) is 0 Å². The van der Waals surface area contributed by atoms with Crippen LogP contribution in [0.1, 0.15) is 54.9 Å². The van der Waals surface area contributed by atoms with Crippen molar-refractivity contribution in [3.63, 3.8) is 0 Å². The number of allylic oxidation sites excluding steroid dienone is 1. The molecule has 2 atom stereocenters. The third kappa shape index (κ3) is 5.41. The zero-order chi connectivity index (χ0) is 14.2. The summed E-state index contributed by atoms with van der Waals surface area (Å²) in [6.07, 6.45) is 2.57. The van der Waals surface area contributed by atoms with Crippen molar-refractivity contribution >= 4 is 15.9 Å². The maximum Gasteiger partial charge on any atom is 0.0708 e. The molecule has 0 aromatic heterocycles. The van der Waals surface area contributed by atoms with Crippen LogP contribution in [0.5, 0.6) is 0 Å². The highest BCUT2D eigenvalue weighted by Gasteiger charge is 2.35. The second-order valence-electron chi connectivity index (χ2n) is 5.99. The standard InChI is InChI=1S/C15H35NSi2/c1-8-15(7)16-13-17(12-14(5)6)18(9-2,10-3)11-4/h12,15-17H,8-11,13H2,1-7H3. The van der Waals surface area contributed by atoms with E-state index in [0.717, 1.165) is 0 Å². The lowest BCUT2D eigenvalue weighted by molar-refractivity contribution is 0.579.